The van der Waals surface area contributed by atoms with Gasteiger partial charge in [0.1, 0.15) is 10.1 Å². The third kappa shape index (κ3) is 4.23. The molecular weight excluding hydrogens is 331 g/mol. The normalized spacial score (nSPS) is 12.2. The van der Waals surface area contributed by atoms with Crippen LogP contribution in [0.3, 0.4) is 0 Å². The fraction of sp³-hybridized carbons (Fsp3) is 0.474. The van der Waals surface area contributed by atoms with Crippen molar-refractivity contribution in [2.75, 3.05) is 0 Å². The summed E-state index contributed by atoms with van der Waals surface area (Å²) in [5, 5.41) is 1.94. The molecule has 0 amide bonds. The largest absolute Gasteiger partial charge is 1.00 e. The molecule has 0 saturated heterocycles. The minimum Gasteiger partial charge on any atom is -0.744 e. The van der Waals surface area contributed by atoms with Crippen molar-refractivity contribution in [3.05, 3.63) is 41.0 Å². The van der Waals surface area contributed by atoms with Crippen LogP contribution in [-0.2, 0) is 10.1 Å². The molecule has 5 heteroatoms. The van der Waals surface area contributed by atoms with Gasteiger partial charge in [0, 0.05) is 0 Å². The number of hydrogen-bond acceptors (Lipinski definition) is 3. The summed E-state index contributed by atoms with van der Waals surface area (Å²) in [6.45, 7) is 12.1. The van der Waals surface area contributed by atoms with Gasteiger partial charge >= 0.3 is 29.6 Å². The van der Waals surface area contributed by atoms with Gasteiger partial charge in [0.05, 0.1) is 4.90 Å². The van der Waals surface area contributed by atoms with Crippen LogP contribution in [0.5, 0.6) is 0 Å². The molecule has 0 aliphatic rings. The van der Waals surface area contributed by atoms with E-state index < -0.39 is 10.1 Å². The van der Waals surface area contributed by atoms with Gasteiger partial charge < -0.3 is 4.55 Å². The third-order valence-electron chi connectivity index (χ3n) is 4.33. The van der Waals surface area contributed by atoms with E-state index in [1.54, 1.807) is 6.07 Å². The Hall–Kier alpha value is -0.390. The zero-order valence-corrected chi connectivity index (χ0v) is 18.5. The summed E-state index contributed by atoms with van der Waals surface area (Å²) in [6.07, 6.45) is 0. The van der Waals surface area contributed by atoms with Crippen LogP contribution in [-0.4, -0.2) is 13.0 Å². The maximum absolute atomic E-state index is 11.8. The van der Waals surface area contributed by atoms with Crippen molar-refractivity contribution in [1.29, 1.82) is 0 Å². The summed E-state index contributed by atoms with van der Waals surface area (Å²) in [6, 6.07) is 7.79. The minimum absolute atomic E-state index is 0. The Balaban J connectivity index is 0.00000288. The van der Waals surface area contributed by atoms with Crippen LogP contribution < -0.4 is 29.6 Å². The SMILES string of the molecule is CC(C)c1ccc2c(C(C)C)cc(S(=O)(=O)[O-])c(C(C)C)c2c1.[Na+]. The van der Waals surface area contributed by atoms with Crippen LogP contribution in [0, 0.1) is 0 Å². The van der Waals surface area contributed by atoms with Gasteiger partial charge in [-0.15, -0.1) is 0 Å². The molecule has 0 aromatic heterocycles. The molecule has 0 bridgehead atoms. The molecule has 0 N–H and O–H groups in total. The van der Waals surface area contributed by atoms with E-state index in [2.05, 4.69) is 32.0 Å². The zero-order valence-electron chi connectivity index (χ0n) is 15.7. The molecule has 0 aliphatic heterocycles. The molecule has 24 heavy (non-hydrogen) atoms. The molecule has 0 atom stereocenters. The molecule has 126 valence electrons. The van der Waals surface area contributed by atoms with E-state index in [0.29, 0.717) is 11.5 Å². The summed E-state index contributed by atoms with van der Waals surface area (Å²) in [7, 11) is -4.51. The average molecular weight is 356 g/mol. The maximum Gasteiger partial charge on any atom is 1.00 e. The Bertz CT molecular complexity index is 837. The van der Waals surface area contributed by atoms with E-state index in [-0.39, 0.29) is 46.3 Å². The summed E-state index contributed by atoms with van der Waals surface area (Å²) >= 11 is 0. The van der Waals surface area contributed by atoms with E-state index in [0.717, 1.165) is 21.9 Å². The molecule has 2 aromatic carbocycles. The van der Waals surface area contributed by atoms with Gasteiger partial charge in [-0.3, -0.25) is 0 Å². The number of hydrogen-bond donors (Lipinski definition) is 0. The van der Waals surface area contributed by atoms with Crippen molar-refractivity contribution in [3.63, 3.8) is 0 Å². The molecule has 2 aromatic rings. The van der Waals surface area contributed by atoms with Crippen LogP contribution in [0.1, 0.15) is 76.0 Å². The van der Waals surface area contributed by atoms with Crippen molar-refractivity contribution in [3.8, 4) is 0 Å². The van der Waals surface area contributed by atoms with Crippen LogP contribution >= 0.6 is 0 Å². The molecule has 2 rings (SSSR count). The molecular formula is C19H25NaO3S. The van der Waals surface area contributed by atoms with Gasteiger partial charge in [-0.2, -0.15) is 0 Å². The van der Waals surface area contributed by atoms with Gasteiger partial charge in [-0.1, -0.05) is 59.7 Å². The van der Waals surface area contributed by atoms with Gasteiger partial charge in [0.15, 0.2) is 0 Å². The first-order chi connectivity index (χ1) is 10.5. The molecule has 0 aliphatic carbocycles. The first-order valence-electron chi connectivity index (χ1n) is 8.10. The summed E-state index contributed by atoms with van der Waals surface area (Å²) in [5.74, 6) is 0.443. The Morgan fingerprint density at radius 1 is 0.833 bits per heavy atom. The first kappa shape index (κ1) is 21.7. The Kier molecular flexibility index (Phi) is 7.11. The minimum atomic E-state index is -4.51. The second-order valence-corrected chi connectivity index (χ2v) is 8.45. The molecule has 0 heterocycles. The van der Waals surface area contributed by atoms with Crippen LogP contribution in [0.15, 0.2) is 29.2 Å². The average Bonchev–Trinajstić information content (AvgIpc) is 2.43. The number of rotatable bonds is 4. The second kappa shape index (κ2) is 7.88. The zero-order chi connectivity index (χ0) is 17.5. The van der Waals surface area contributed by atoms with E-state index in [1.807, 2.05) is 27.7 Å². The summed E-state index contributed by atoms with van der Waals surface area (Å²) in [4.78, 5) is -0.0652. The topological polar surface area (TPSA) is 57.2 Å². The molecule has 3 nitrogen and oxygen atoms in total. The Labute approximate surface area is 167 Å². The first-order valence-corrected chi connectivity index (χ1v) is 9.51. The fourth-order valence-electron chi connectivity index (χ4n) is 3.11. The quantitative estimate of drug-likeness (QED) is 0.623. The number of benzene rings is 2. The van der Waals surface area contributed by atoms with Gasteiger partial charge in [-0.05, 0) is 51.3 Å². The Morgan fingerprint density at radius 3 is 1.83 bits per heavy atom. The van der Waals surface area contributed by atoms with Crippen LogP contribution in [0.2, 0.25) is 0 Å². The van der Waals surface area contributed by atoms with E-state index in [1.165, 1.54) is 0 Å². The van der Waals surface area contributed by atoms with Gasteiger partial charge in [0.2, 0.25) is 0 Å². The van der Waals surface area contributed by atoms with Crippen LogP contribution in [0.25, 0.3) is 10.8 Å². The smallest absolute Gasteiger partial charge is 0.744 e. The van der Waals surface area contributed by atoms with E-state index in [4.69, 9.17) is 0 Å². The van der Waals surface area contributed by atoms with Crippen molar-refractivity contribution in [1.82, 2.24) is 0 Å². The summed E-state index contributed by atoms with van der Waals surface area (Å²) in [5.41, 5.74) is 2.70. The summed E-state index contributed by atoms with van der Waals surface area (Å²) < 4.78 is 35.5. The standard InChI is InChI=1S/C19H26O3S.Na/c1-11(2)14-7-8-15-16(12(3)4)10-18(23(20,21)22)19(13(5)6)17(15)9-14;/h7-13H,1-6H3,(H,20,21,22);/q;+1/p-1. The van der Waals surface area contributed by atoms with Gasteiger partial charge in [-0.25, -0.2) is 8.42 Å². The number of fused-ring (bicyclic) bond motifs is 1. The molecule has 0 saturated carbocycles. The maximum atomic E-state index is 11.8. The van der Waals surface area contributed by atoms with E-state index >= 15 is 0 Å². The molecule has 0 unspecified atom stereocenters. The van der Waals surface area contributed by atoms with Crippen LogP contribution in [0.4, 0.5) is 0 Å². The fourth-order valence-corrected chi connectivity index (χ4v) is 3.99. The van der Waals surface area contributed by atoms with Crippen molar-refractivity contribution >= 4 is 20.9 Å². The molecule has 0 radical (unpaired) electrons. The third-order valence-corrected chi connectivity index (χ3v) is 5.21. The van der Waals surface area contributed by atoms with Gasteiger partial charge in [0.25, 0.3) is 0 Å². The monoisotopic (exact) mass is 356 g/mol. The van der Waals surface area contributed by atoms with Crippen molar-refractivity contribution in [2.45, 2.75) is 64.2 Å². The molecule has 0 fully saturated rings. The predicted molar refractivity (Wildman–Crippen MR) is 94.2 cm³/mol. The second-order valence-electron chi connectivity index (χ2n) is 7.10. The van der Waals surface area contributed by atoms with Crippen molar-refractivity contribution in [2.24, 2.45) is 0 Å². The van der Waals surface area contributed by atoms with E-state index in [9.17, 15) is 13.0 Å². The Morgan fingerprint density at radius 2 is 1.42 bits per heavy atom. The predicted octanol–water partition coefficient (Wildman–Crippen LogP) is 2.12. The molecule has 0 spiro atoms. The van der Waals surface area contributed by atoms with Crippen molar-refractivity contribution < 1.29 is 42.5 Å².